The predicted octanol–water partition coefficient (Wildman–Crippen LogP) is 9.80. The monoisotopic (exact) mass is 546 g/mol. The lowest BCUT2D eigenvalue weighted by Crippen LogP contribution is -2.21. The highest BCUT2D eigenvalue weighted by Crippen LogP contribution is 2.33. The molecule has 38 heavy (non-hydrogen) atoms. The maximum absolute atomic E-state index is 14.9. The Kier molecular flexibility index (Phi) is 10.00. The molecule has 0 atom stereocenters. The first-order valence-electron chi connectivity index (χ1n) is 13.7. The van der Waals surface area contributed by atoms with Gasteiger partial charge in [0.2, 0.25) is 0 Å². The number of benzene rings is 3. The Bertz CT molecular complexity index is 1170. The molecule has 0 N–H and O–H groups in total. The van der Waals surface area contributed by atoms with Crippen molar-refractivity contribution in [1.82, 2.24) is 0 Å². The minimum atomic E-state index is -3.32. The molecule has 4 rings (SSSR count). The fourth-order valence-corrected chi connectivity index (χ4v) is 9.18. The van der Waals surface area contributed by atoms with E-state index in [2.05, 4.69) is 11.7 Å². The zero-order valence-electron chi connectivity index (χ0n) is 21.8. The molecule has 0 radical (unpaired) electrons. The van der Waals surface area contributed by atoms with Crippen molar-refractivity contribution >= 4 is 8.80 Å². The molecule has 0 aliphatic carbocycles. The van der Waals surface area contributed by atoms with Gasteiger partial charge in [0.05, 0.1) is 0 Å². The molecule has 7 heteroatoms. The molecule has 0 bridgehead atoms. The van der Waals surface area contributed by atoms with E-state index in [0.717, 1.165) is 41.7 Å². The van der Waals surface area contributed by atoms with Crippen LogP contribution in [-0.2, 0) is 6.42 Å². The summed E-state index contributed by atoms with van der Waals surface area (Å²) in [6.45, 7) is -1.06. The summed E-state index contributed by atoms with van der Waals surface area (Å²) in [5.41, 5.74) is 2.91. The van der Waals surface area contributed by atoms with E-state index in [1.165, 1.54) is 56.3 Å². The normalized spacial score (nSPS) is 17.7. The lowest BCUT2D eigenvalue weighted by atomic mass is 9.93. The second kappa shape index (κ2) is 13.4. The van der Waals surface area contributed by atoms with Crippen LogP contribution in [0.1, 0.15) is 51.0 Å². The topological polar surface area (TPSA) is 9.23 Å². The number of rotatable bonds is 11. The van der Waals surface area contributed by atoms with Crippen molar-refractivity contribution in [2.75, 3.05) is 0 Å². The van der Waals surface area contributed by atoms with E-state index in [0.29, 0.717) is 11.5 Å². The van der Waals surface area contributed by atoms with E-state index in [1.54, 1.807) is 24.3 Å². The Labute approximate surface area is 223 Å². The van der Waals surface area contributed by atoms with Crippen molar-refractivity contribution in [2.24, 2.45) is 5.92 Å². The van der Waals surface area contributed by atoms with Gasteiger partial charge in [0.15, 0.2) is 17.4 Å². The lowest BCUT2D eigenvalue weighted by molar-refractivity contribution is -0.0546. The lowest BCUT2D eigenvalue weighted by Gasteiger charge is -2.27. The third-order valence-electron chi connectivity index (χ3n) is 7.81. The van der Waals surface area contributed by atoms with Crippen molar-refractivity contribution in [3.63, 3.8) is 0 Å². The predicted molar refractivity (Wildman–Crippen MR) is 146 cm³/mol. The molecular formula is C31H35F5OSi. The highest BCUT2D eigenvalue weighted by atomic mass is 28.3. The van der Waals surface area contributed by atoms with Crippen LogP contribution in [0.3, 0.4) is 0 Å². The SMILES string of the molecule is CCCCC[SiH]1CCC(CCc2ccc(-c3ccc(-c4cc(F)c(OC(F)F)c(F)c4)cc3)cc2F)CC1. The van der Waals surface area contributed by atoms with Crippen LogP contribution in [0.2, 0.25) is 18.1 Å². The Morgan fingerprint density at radius 2 is 1.37 bits per heavy atom. The quantitative estimate of drug-likeness (QED) is 0.132. The first-order valence-corrected chi connectivity index (χ1v) is 16.1. The highest BCUT2D eigenvalue weighted by Gasteiger charge is 2.22. The van der Waals surface area contributed by atoms with Gasteiger partial charge in [0.1, 0.15) is 5.82 Å². The van der Waals surface area contributed by atoms with Crippen molar-refractivity contribution in [3.05, 3.63) is 77.6 Å². The van der Waals surface area contributed by atoms with E-state index in [4.69, 9.17) is 0 Å². The van der Waals surface area contributed by atoms with Crippen LogP contribution in [0.4, 0.5) is 22.0 Å². The molecule has 0 aromatic heterocycles. The van der Waals surface area contributed by atoms with Crippen LogP contribution in [0.15, 0.2) is 54.6 Å². The maximum atomic E-state index is 14.9. The van der Waals surface area contributed by atoms with Gasteiger partial charge in [-0.3, -0.25) is 0 Å². The number of hydrogen-bond acceptors (Lipinski definition) is 1. The van der Waals surface area contributed by atoms with Gasteiger partial charge < -0.3 is 4.74 Å². The molecule has 1 aliphatic heterocycles. The van der Waals surface area contributed by atoms with Crippen LogP contribution in [0.25, 0.3) is 22.3 Å². The molecule has 204 valence electrons. The molecule has 1 fully saturated rings. The first-order chi connectivity index (χ1) is 18.3. The van der Waals surface area contributed by atoms with Crippen LogP contribution in [0.5, 0.6) is 5.75 Å². The van der Waals surface area contributed by atoms with Crippen molar-refractivity contribution in [1.29, 1.82) is 0 Å². The van der Waals surface area contributed by atoms with Gasteiger partial charge in [0, 0.05) is 8.80 Å². The van der Waals surface area contributed by atoms with Crippen LogP contribution < -0.4 is 4.74 Å². The molecule has 0 unspecified atom stereocenters. The molecular weight excluding hydrogens is 511 g/mol. The molecule has 0 spiro atoms. The van der Waals surface area contributed by atoms with E-state index in [9.17, 15) is 22.0 Å². The van der Waals surface area contributed by atoms with Crippen LogP contribution in [-0.4, -0.2) is 15.4 Å². The van der Waals surface area contributed by atoms with Crippen LogP contribution in [0, 0.1) is 23.4 Å². The molecule has 0 saturated carbocycles. The van der Waals surface area contributed by atoms with Gasteiger partial charge in [-0.05, 0) is 64.8 Å². The number of aryl methyl sites for hydroxylation is 1. The van der Waals surface area contributed by atoms with Gasteiger partial charge in [-0.25, -0.2) is 13.2 Å². The van der Waals surface area contributed by atoms with E-state index < -0.39 is 32.8 Å². The number of halogens is 5. The zero-order chi connectivity index (χ0) is 27.1. The zero-order valence-corrected chi connectivity index (χ0v) is 23.0. The second-order valence-electron chi connectivity index (χ2n) is 10.5. The number of alkyl halides is 2. The molecule has 3 aromatic carbocycles. The minimum Gasteiger partial charge on any atom is -0.429 e. The minimum absolute atomic E-state index is 0.187. The molecule has 1 nitrogen and oxygen atoms in total. The van der Waals surface area contributed by atoms with E-state index >= 15 is 0 Å². The summed E-state index contributed by atoms with van der Waals surface area (Å²) in [6.07, 6.45) is 8.47. The summed E-state index contributed by atoms with van der Waals surface area (Å²) in [5, 5.41) is 0. The van der Waals surface area contributed by atoms with Crippen molar-refractivity contribution in [2.45, 2.75) is 76.6 Å². The fraction of sp³-hybridized carbons (Fsp3) is 0.419. The van der Waals surface area contributed by atoms with Gasteiger partial charge in [-0.1, -0.05) is 93.6 Å². The molecule has 1 heterocycles. The average Bonchev–Trinajstić information content (AvgIpc) is 2.91. The second-order valence-corrected chi connectivity index (χ2v) is 13.9. The summed E-state index contributed by atoms with van der Waals surface area (Å²) in [4.78, 5) is 0. The molecule has 0 amide bonds. The Morgan fingerprint density at radius 1 is 0.789 bits per heavy atom. The van der Waals surface area contributed by atoms with Gasteiger partial charge in [-0.2, -0.15) is 8.78 Å². The summed E-state index contributed by atoms with van der Waals surface area (Å²) in [6, 6.07) is 18.4. The third-order valence-corrected chi connectivity index (χ3v) is 11.3. The van der Waals surface area contributed by atoms with Crippen molar-refractivity contribution < 1.29 is 26.7 Å². The number of unbranched alkanes of at least 4 members (excludes halogenated alkanes) is 2. The van der Waals surface area contributed by atoms with E-state index in [-0.39, 0.29) is 11.4 Å². The summed E-state index contributed by atoms with van der Waals surface area (Å²) in [7, 11) is -0.528. The summed E-state index contributed by atoms with van der Waals surface area (Å²) < 4.78 is 71.8. The summed E-state index contributed by atoms with van der Waals surface area (Å²) in [5.74, 6) is -3.02. The Hall–Kier alpha value is -2.67. The van der Waals surface area contributed by atoms with Gasteiger partial charge >= 0.3 is 6.61 Å². The highest BCUT2D eigenvalue weighted by molar-refractivity contribution is 6.58. The first kappa shape index (κ1) is 28.3. The van der Waals surface area contributed by atoms with Crippen LogP contribution >= 0.6 is 0 Å². The standard InChI is InChI=1S/C31H35F5OSi/c1-2-3-4-15-38-16-13-21(14-17-38)5-6-24-11-12-25(18-27(24)32)22-7-9-23(10-8-22)26-19-28(33)30(29(34)20-26)37-31(35)36/h7-12,18-21,31,38H,2-6,13-17H2,1H3. The maximum Gasteiger partial charge on any atom is 0.387 e. The Balaban J connectivity index is 1.35. The number of hydrogen-bond donors (Lipinski definition) is 0. The van der Waals surface area contributed by atoms with Gasteiger partial charge in [0.25, 0.3) is 0 Å². The smallest absolute Gasteiger partial charge is 0.387 e. The number of ether oxygens (including phenoxy) is 1. The largest absolute Gasteiger partial charge is 0.429 e. The van der Waals surface area contributed by atoms with Gasteiger partial charge in [-0.15, -0.1) is 0 Å². The molecule has 1 saturated heterocycles. The fourth-order valence-electron chi connectivity index (χ4n) is 5.56. The molecule has 3 aromatic rings. The Morgan fingerprint density at radius 3 is 1.95 bits per heavy atom. The van der Waals surface area contributed by atoms with E-state index in [1.807, 2.05) is 12.1 Å². The van der Waals surface area contributed by atoms with Crippen molar-refractivity contribution in [3.8, 4) is 28.0 Å². The summed E-state index contributed by atoms with van der Waals surface area (Å²) >= 11 is 0. The third kappa shape index (κ3) is 7.46. The average molecular weight is 547 g/mol. The molecule has 1 aliphatic rings.